The number of aromatic nitrogens is 2. The molecule has 2 rings (SSSR count). The van der Waals surface area contributed by atoms with E-state index in [1.165, 1.54) is 29.8 Å². The van der Waals surface area contributed by atoms with Gasteiger partial charge in [-0.1, -0.05) is 0 Å². The Morgan fingerprint density at radius 1 is 1.58 bits per heavy atom. The van der Waals surface area contributed by atoms with Crippen LogP contribution in [0.5, 0.6) is 0 Å². The SMILES string of the molecule is CCn1nccc1S(=O)(=O)NCCC1CCCNC1. The molecule has 1 atom stereocenters. The fraction of sp³-hybridized carbons (Fsp3) is 0.750. The van der Waals surface area contributed by atoms with Crippen LogP contribution in [-0.2, 0) is 16.6 Å². The van der Waals surface area contributed by atoms with Crippen LogP contribution in [0.3, 0.4) is 0 Å². The molecule has 0 radical (unpaired) electrons. The molecular weight excluding hydrogens is 264 g/mol. The minimum absolute atomic E-state index is 0.247. The molecule has 108 valence electrons. The smallest absolute Gasteiger partial charge is 0.257 e. The first-order valence-corrected chi connectivity index (χ1v) is 8.34. The van der Waals surface area contributed by atoms with Gasteiger partial charge in [0.25, 0.3) is 10.0 Å². The van der Waals surface area contributed by atoms with E-state index >= 15 is 0 Å². The first kappa shape index (κ1) is 14.5. The molecule has 1 unspecified atom stereocenters. The molecule has 0 saturated carbocycles. The predicted octanol–water partition coefficient (Wildman–Crippen LogP) is 0.571. The molecule has 1 aliphatic heterocycles. The molecule has 0 spiro atoms. The van der Waals surface area contributed by atoms with Crippen LogP contribution in [0.1, 0.15) is 26.2 Å². The van der Waals surface area contributed by atoms with Gasteiger partial charge >= 0.3 is 0 Å². The highest BCUT2D eigenvalue weighted by atomic mass is 32.2. The number of hydrogen-bond donors (Lipinski definition) is 2. The normalized spacial score (nSPS) is 20.6. The monoisotopic (exact) mass is 286 g/mol. The highest BCUT2D eigenvalue weighted by Crippen LogP contribution is 2.14. The Labute approximate surface area is 114 Å². The highest BCUT2D eigenvalue weighted by Gasteiger charge is 2.19. The van der Waals surface area contributed by atoms with Crippen LogP contribution in [-0.4, -0.2) is 37.8 Å². The Bertz CT molecular complexity index is 492. The molecular formula is C12H22N4O2S. The van der Waals surface area contributed by atoms with Gasteiger partial charge in [0.05, 0.1) is 6.20 Å². The minimum atomic E-state index is -3.43. The highest BCUT2D eigenvalue weighted by molar-refractivity contribution is 7.89. The Kier molecular flexibility index (Phi) is 4.95. The molecule has 1 aliphatic rings. The fourth-order valence-electron chi connectivity index (χ4n) is 2.43. The van der Waals surface area contributed by atoms with E-state index < -0.39 is 10.0 Å². The number of nitrogens with one attached hydrogen (secondary N) is 2. The fourth-order valence-corrected chi connectivity index (χ4v) is 3.66. The van der Waals surface area contributed by atoms with Gasteiger partial charge < -0.3 is 5.32 Å². The van der Waals surface area contributed by atoms with Gasteiger partial charge in [-0.3, -0.25) is 4.68 Å². The molecule has 2 N–H and O–H groups in total. The van der Waals surface area contributed by atoms with Crippen molar-refractivity contribution in [1.82, 2.24) is 19.8 Å². The number of aryl methyl sites for hydroxylation is 1. The van der Waals surface area contributed by atoms with Crippen LogP contribution in [0.25, 0.3) is 0 Å². The van der Waals surface area contributed by atoms with Crippen molar-refractivity contribution in [3.05, 3.63) is 12.3 Å². The summed E-state index contributed by atoms with van der Waals surface area (Å²) >= 11 is 0. The number of rotatable bonds is 6. The molecule has 1 aromatic heterocycles. The average molecular weight is 286 g/mol. The van der Waals surface area contributed by atoms with Crippen LogP contribution < -0.4 is 10.0 Å². The molecule has 1 saturated heterocycles. The number of piperidine rings is 1. The van der Waals surface area contributed by atoms with Crippen molar-refractivity contribution in [2.45, 2.75) is 37.8 Å². The second-order valence-electron chi connectivity index (χ2n) is 4.88. The molecule has 1 aromatic rings. The van der Waals surface area contributed by atoms with Crippen molar-refractivity contribution < 1.29 is 8.42 Å². The molecule has 0 bridgehead atoms. The summed E-state index contributed by atoms with van der Waals surface area (Å²) in [7, 11) is -3.43. The van der Waals surface area contributed by atoms with Crippen molar-refractivity contribution in [1.29, 1.82) is 0 Å². The van der Waals surface area contributed by atoms with Crippen molar-refractivity contribution in [2.75, 3.05) is 19.6 Å². The molecule has 1 fully saturated rings. The van der Waals surface area contributed by atoms with Gasteiger partial charge in [-0.05, 0) is 51.3 Å². The lowest BCUT2D eigenvalue weighted by Crippen LogP contribution is -2.33. The van der Waals surface area contributed by atoms with Crippen molar-refractivity contribution >= 4 is 10.0 Å². The molecule has 7 heteroatoms. The van der Waals surface area contributed by atoms with E-state index in [9.17, 15) is 8.42 Å². The number of hydrogen-bond acceptors (Lipinski definition) is 4. The zero-order valence-electron chi connectivity index (χ0n) is 11.3. The second-order valence-corrected chi connectivity index (χ2v) is 6.60. The Hall–Kier alpha value is -0.920. The largest absolute Gasteiger partial charge is 0.316 e. The third kappa shape index (κ3) is 3.77. The Balaban J connectivity index is 1.87. The van der Waals surface area contributed by atoms with Crippen LogP contribution in [0.4, 0.5) is 0 Å². The molecule has 2 heterocycles. The lowest BCUT2D eigenvalue weighted by molar-refractivity contribution is 0.358. The van der Waals surface area contributed by atoms with Crippen molar-refractivity contribution in [3.8, 4) is 0 Å². The van der Waals surface area contributed by atoms with Gasteiger partial charge in [-0.2, -0.15) is 5.10 Å². The van der Waals surface area contributed by atoms with Crippen LogP contribution in [0.2, 0.25) is 0 Å². The maximum Gasteiger partial charge on any atom is 0.257 e. The van der Waals surface area contributed by atoms with E-state index in [4.69, 9.17) is 0 Å². The Morgan fingerprint density at radius 3 is 3.11 bits per heavy atom. The van der Waals surface area contributed by atoms with Gasteiger partial charge in [0, 0.05) is 13.1 Å². The molecule has 0 aromatic carbocycles. The van der Waals surface area contributed by atoms with Gasteiger partial charge in [-0.15, -0.1) is 0 Å². The topological polar surface area (TPSA) is 76.0 Å². The van der Waals surface area contributed by atoms with E-state index in [-0.39, 0.29) is 5.03 Å². The zero-order valence-corrected chi connectivity index (χ0v) is 12.1. The zero-order chi connectivity index (χ0) is 13.7. The van der Waals surface area contributed by atoms with E-state index in [0.717, 1.165) is 19.5 Å². The van der Waals surface area contributed by atoms with Crippen molar-refractivity contribution in [3.63, 3.8) is 0 Å². The predicted molar refractivity (Wildman–Crippen MR) is 73.3 cm³/mol. The van der Waals surface area contributed by atoms with E-state index in [2.05, 4.69) is 15.1 Å². The summed E-state index contributed by atoms with van der Waals surface area (Å²) in [5, 5.41) is 7.57. The summed E-state index contributed by atoms with van der Waals surface area (Å²) in [6.45, 7) is 4.99. The molecule has 6 nitrogen and oxygen atoms in total. The molecule has 19 heavy (non-hydrogen) atoms. The second kappa shape index (κ2) is 6.49. The lowest BCUT2D eigenvalue weighted by Gasteiger charge is -2.22. The number of nitrogens with zero attached hydrogens (tertiary/aromatic N) is 2. The van der Waals surface area contributed by atoms with Crippen molar-refractivity contribution in [2.24, 2.45) is 5.92 Å². The molecule has 0 aliphatic carbocycles. The maximum absolute atomic E-state index is 12.1. The summed E-state index contributed by atoms with van der Waals surface area (Å²) in [5.74, 6) is 0.576. The van der Waals surface area contributed by atoms with Crippen LogP contribution in [0.15, 0.2) is 17.3 Å². The van der Waals surface area contributed by atoms with E-state index in [1.807, 2.05) is 6.92 Å². The third-order valence-corrected chi connectivity index (χ3v) is 4.98. The van der Waals surface area contributed by atoms with E-state index in [0.29, 0.717) is 19.0 Å². The standard InChI is InChI=1S/C12H22N4O2S/c1-2-16-12(6-8-14-16)19(17,18)15-9-5-11-4-3-7-13-10-11/h6,8,11,13,15H,2-5,7,9-10H2,1H3. The first-order valence-electron chi connectivity index (χ1n) is 6.85. The minimum Gasteiger partial charge on any atom is -0.316 e. The summed E-state index contributed by atoms with van der Waals surface area (Å²) in [4.78, 5) is 0. The lowest BCUT2D eigenvalue weighted by atomic mass is 9.96. The summed E-state index contributed by atoms with van der Waals surface area (Å²) in [5.41, 5.74) is 0. The first-order chi connectivity index (χ1) is 9.13. The van der Waals surface area contributed by atoms with Gasteiger partial charge in [-0.25, -0.2) is 13.1 Å². The van der Waals surface area contributed by atoms with Crippen LogP contribution in [0, 0.1) is 5.92 Å². The quantitative estimate of drug-likeness (QED) is 0.801. The average Bonchev–Trinajstić information content (AvgIpc) is 2.89. The maximum atomic E-state index is 12.1. The van der Waals surface area contributed by atoms with Gasteiger partial charge in [0.15, 0.2) is 5.03 Å². The molecule has 0 amide bonds. The van der Waals surface area contributed by atoms with Gasteiger partial charge in [0.1, 0.15) is 0 Å². The third-order valence-electron chi connectivity index (χ3n) is 3.50. The van der Waals surface area contributed by atoms with Gasteiger partial charge in [0.2, 0.25) is 0 Å². The summed E-state index contributed by atoms with van der Waals surface area (Å²) in [6, 6.07) is 1.54. The summed E-state index contributed by atoms with van der Waals surface area (Å²) in [6.07, 6.45) is 4.76. The number of sulfonamides is 1. The summed E-state index contributed by atoms with van der Waals surface area (Å²) < 4.78 is 28.4. The van der Waals surface area contributed by atoms with E-state index in [1.54, 1.807) is 0 Å². The van der Waals surface area contributed by atoms with Crippen LogP contribution >= 0.6 is 0 Å². The Morgan fingerprint density at radius 2 is 2.42 bits per heavy atom.